The molecule has 0 spiro atoms. The lowest BCUT2D eigenvalue weighted by Crippen LogP contribution is -2.09. The molecule has 0 aliphatic carbocycles. The summed E-state index contributed by atoms with van der Waals surface area (Å²) in [6, 6.07) is 20.2. The van der Waals surface area contributed by atoms with Crippen LogP contribution in [-0.2, 0) is 17.8 Å². The number of fused-ring (bicyclic) bond motifs is 1. The van der Waals surface area contributed by atoms with Gasteiger partial charge in [0.15, 0.2) is 0 Å². The van der Waals surface area contributed by atoms with Crippen LogP contribution < -0.4 is 18.9 Å². The first-order valence-corrected chi connectivity index (χ1v) is 11.8. The van der Waals surface area contributed by atoms with Gasteiger partial charge in [-0.15, -0.1) is 0 Å². The summed E-state index contributed by atoms with van der Waals surface area (Å²) in [5, 5.41) is 0. The van der Waals surface area contributed by atoms with Crippen molar-refractivity contribution in [1.29, 1.82) is 0 Å². The molecule has 5 nitrogen and oxygen atoms in total. The normalized spacial score (nSPS) is 12.8. The van der Waals surface area contributed by atoms with E-state index in [1.807, 2.05) is 62.4 Å². The van der Waals surface area contributed by atoms with Gasteiger partial charge in [-0.2, -0.15) is 0 Å². The van der Waals surface area contributed by atoms with Gasteiger partial charge in [0, 0.05) is 28.8 Å². The Labute approximate surface area is 207 Å². The number of methoxy groups -OCH3 is 2. The molecule has 1 aliphatic rings. The summed E-state index contributed by atoms with van der Waals surface area (Å²) in [4.78, 5) is 0. The largest absolute Gasteiger partial charge is 0.502 e. The van der Waals surface area contributed by atoms with E-state index in [2.05, 4.69) is 24.3 Å². The maximum Gasteiger partial charge on any atom is 0.131 e. The van der Waals surface area contributed by atoms with Gasteiger partial charge in [-0.1, -0.05) is 30.3 Å². The van der Waals surface area contributed by atoms with E-state index in [1.54, 1.807) is 14.2 Å². The molecule has 35 heavy (non-hydrogen) atoms. The maximum atomic E-state index is 6.27. The third-order valence-electron chi connectivity index (χ3n) is 5.90. The number of benzene rings is 3. The molecule has 0 N–H and O–H groups in total. The number of allylic oxidation sites excluding steroid dienone is 2. The molecule has 0 radical (unpaired) electrons. The molecule has 0 atom stereocenters. The molecule has 1 aliphatic heterocycles. The van der Waals surface area contributed by atoms with Crippen LogP contribution in [-0.4, -0.2) is 27.4 Å². The van der Waals surface area contributed by atoms with Crippen LogP contribution in [0.3, 0.4) is 0 Å². The van der Waals surface area contributed by atoms with E-state index in [0.717, 1.165) is 56.6 Å². The van der Waals surface area contributed by atoms with Gasteiger partial charge < -0.3 is 23.7 Å². The van der Waals surface area contributed by atoms with E-state index >= 15 is 0 Å². The second-order valence-electron chi connectivity index (χ2n) is 8.25. The first-order chi connectivity index (χ1) is 17.1. The molecule has 0 amide bonds. The summed E-state index contributed by atoms with van der Waals surface area (Å²) in [6.07, 6.45) is 4.91. The van der Waals surface area contributed by atoms with Crippen molar-refractivity contribution in [3.63, 3.8) is 0 Å². The molecule has 3 aromatic rings. The van der Waals surface area contributed by atoms with Crippen LogP contribution in [0.2, 0.25) is 0 Å². The van der Waals surface area contributed by atoms with Crippen LogP contribution in [0.1, 0.15) is 36.1 Å². The minimum atomic E-state index is 0.438. The molecule has 5 heteroatoms. The van der Waals surface area contributed by atoms with Gasteiger partial charge in [-0.3, -0.25) is 0 Å². The summed E-state index contributed by atoms with van der Waals surface area (Å²) >= 11 is 0. The molecule has 182 valence electrons. The minimum Gasteiger partial charge on any atom is -0.502 e. The smallest absolute Gasteiger partial charge is 0.131 e. The molecule has 4 rings (SSSR count). The van der Waals surface area contributed by atoms with Crippen molar-refractivity contribution in [3.05, 3.63) is 94.8 Å². The van der Waals surface area contributed by atoms with Crippen LogP contribution in [0, 0.1) is 0 Å². The predicted octanol–water partition coefficient (Wildman–Crippen LogP) is 6.70. The van der Waals surface area contributed by atoms with E-state index in [4.69, 9.17) is 23.7 Å². The summed E-state index contributed by atoms with van der Waals surface area (Å²) in [5.41, 5.74) is 5.21. The molecule has 1 heterocycles. The number of hydrogen-bond acceptors (Lipinski definition) is 5. The highest BCUT2D eigenvalue weighted by molar-refractivity contribution is 5.88. The fraction of sp³-hybridized carbons (Fsp3) is 0.267. The van der Waals surface area contributed by atoms with Gasteiger partial charge in [0.25, 0.3) is 0 Å². The average molecular weight is 473 g/mol. The van der Waals surface area contributed by atoms with Gasteiger partial charge >= 0.3 is 0 Å². The third-order valence-corrected chi connectivity index (χ3v) is 5.90. The Kier molecular flexibility index (Phi) is 7.99. The summed E-state index contributed by atoms with van der Waals surface area (Å²) < 4.78 is 29.1. The zero-order valence-electron chi connectivity index (χ0n) is 20.8. The molecule has 0 saturated carbocycles. The monoisotopic (exact) mass is 472 g/mol. The third kappa shape index (κ3) is 5.99. The molecular weight excluding hydrogens is 440 g/mol. The highest BCUT2D eigenvalue weighted by Crippen LogP contribution is 2.39. The zero-order valence-corrected chi connectivity index (χ0v) is 20.8. The topological polar surface area (TPSA) is 46.2 Å². The van der Waals surface area contributed by atoms with Crippen molar-refractivity contribution in [1.82, 2.24) is 0 Å². The predicted molar refractivity (Wildman–Crippen MR) is 139 cm³/mol. The van der Waals surface area contributed by atoms with E-state index in [-0.39, 0.29) is 0 Å². The first kappa shape index (κ1) is 24.3. The van der Waals surface area contributed by atoms with Crippen molar-refractivity contribution < 1.29 is 23.7 Å². The quantitative estimate of drug-likeness (QED) is 0.307. The van der Waals surface area contributed by atoms with Crippen molar-refractivity contribution in [2.24, 2.45) is 0 Å². The van der Waals surface area contributed by atoms with Crippen LogP contribution in [0.5, 0.6) is 23.0 Å². The molecule has 0 bridgehead atoms. The average Bonchev–Trinajstić information content (AvgIpc) is 2.90. The minimum absolute atomic E-state index is 0.438. The number of rotatable bonds is 10. The lowest BCUT2D eigenvalue weighted by Gasteiger charge is -2.22. The van der Waals surface area contributed by atoms with E-state index < -0.39 is 0 Å². The van der Waals surface area contributed by atoms with E-state index in [9.17, 15) is 0 Å². The summed E-state index contributed by atoms with van der Waals surface area (Å²) in [5.74, 6) is 4.02. The number of ether oxygens (including phenoxy) is 5. The Morgan fingerprint density at radius 3 is 2.54 bits per heavy atom. The molecule has 0 fully saturated rings. The van der Waals surface area contributed by atoms with Crippen molar-refractivity contribution in [2.75, 3.05) is 27.4 Å². The SMILES string of the molecule is CCOc1ccc(C2=Cc3cc(CC=C(C)OC)c(OC)cc3OC2)c(OCc2ccccc2)c1. The molecule has 0 saturated heterocycles. The van der Waals surface area contributed by atoms with E-state index in [1.165, 1.54) is 0 Å². The Hall–Kier alpha value is -3.86. The second kappa shape index (κ2) is 11.5. The van der Waals surface area contributed by atoms with Gasteiger partial charge in [0.2, 0.25) is 0 Å². The van der Waals surface area contributed by atoms with Crippen LogP contribution in [0.4, 0.5) is 0 Å². The fourth-order valence-electron chi connectivity index (χ4n) is 3.97. The molecule has 0 unspecified atom stereocenters. The van der Waals surface area contributed by atoms with Crippen molar-refractivity contribution in [2.45, 2.75) is 26.9 Å². The van der Waals surface area contributed by atoms with Gasteiger partial charge in [-0.25, -0.2) is 0 Å². The molecular formula is C30H32O5. The Bertz CT molecular complexity index is 1210. The number of hydrogen-bond donors (Lipinski definition) is 0. The maximum absolute atomic E-state index is 6.27. The Balaban J connectivity index is 1.67. The van der Waals surface area contributed by atoms with Crippen LogP contribution in [0.25, 0.3) is 11.6 Å². The lowest BCUT2D eigenvalue weighted by molar-refractivity contribution is 0.292. The van der Waals surface area contributed by atoms with Crippen molar-refractivity contribution in [3.8, 4) is 23.0 Å². The summed E-state index contributed by atoms with van der Waals surface area (Å²) in [6.45, 7) is 5.42. The lowest BCUT2D eigenvalue weighted by atomic mass is 9.97. The second-order valence-corrected chi connectivity index (χ2v) is 8.25. The zero-order chi connectivity index (χ0) is 24.6. The first-order valence-electron chi connectivity index (χ1n) is 11.8. The fourth-order valence-corrected chi connectivity index (χ4v) is 3.97. The Morgan fingerprint density at radius 1 is 0.971 bits per heavy atom. The van der Waals surface area contributed by atoms with Crippen LogP contribution in [0.15, 0.2) is 72.5 Å². The highest BCUT2D eigenvalue weighted by Gasteiger charge is 2.19. The van der Waals surface area contributed by atoms with E-state index in [0.29, 0.717) is 26.2 Å². The van der Waals surface area contributed by atoms with Gasteiger partial charge in [0.05, 0.1) is 26.6 Å². The Morgan fingerprint density at radius 2 is 1.80 bits per heavy atom. The van der Waals surface area contributed by atoms with Gasteiger partial charge in [0.1, 0.15) is 36.2 Å². The van der Waals surface area contributed by atoms with Gasteiger partial charge in [-0.05, 0) is 61.7 Å². The molecule has 3 aromatic carbocycles. The van der Waals surface area contributed by atoms with Crippen LogP contribution >= 0.6 is 0 Å². The van der Waals surface area contributed by atoms with Crippen molar-refractivity contribution >= 4 is 11.6 Å². The summed E-state index contributed by atoms with van der Waals surface area (Å²) in [7, 11) is 3.35. The highest BCUT2D eigenvalue weighted by atomic mass is 16.5. The molecule has 0 aromatic heterocycles. The standard InChI is InChI=1S/C30H32O5/c1-5-33-26-13-14-27(30(17-26)34-19-22-9-7-6-8-10-22)25-16-24-15-23(12-11-21(2)31-3)28(32-4)18-29(24)35-20-25/h6-11,13-18H,5,12,19-20H2,1-4H3.